The van der Waals surface area contributed by atoms with Crippen molar-refractivity contribution >= 4 is 29.9 Å². The van der Waals surface area contributed by atoms with E-state index in [0.717, 1.165) is 31.5 Å². The van der Waals surface area contributed by atoms with E-state index in [-0.39, 0.29) is 29.5 Å². The van der Waals surface area contributed by atoms with E-state index in [1.165, 1.54) is 32.4 Å². The minimum absolute atomic E-state index is 0. The molecule has 0 aromatic carbocycles. The van der Waals surface area contributed by atoms with E-state index in [4.69, 9.17) is 4.99 Å². The molecule has 4 nitrogen and oxygen atoms in total. The number of aliphatic imine (C=N–C) groups is 1. The molecule has 0 aliphatic carbocycles. The van der Waals surface area contributed by atoms with Gasteiger partial charge in [-0.3, -0.25) is 4.99 Å². The molecule has 2 heterocycles. The molecule has 2 fully saturated rings. The van der Waals surface area contributed by atoms with E-state index in [2.05, 4.69) is 56.8 Å². The number of hydrogen-bond acceptors (Lipinski definition) is 2. The van der Waals surface area contributed by atoms with E-state index in [0.29, 0.717) is 5.41 Å². The standard InChI is InChI=1S/C18H36N4.HI/c1-7-19-16(22-14-17(2,3)18(22,4)5)20-11-8-15-9-12-21(6)13-10-15;/h15H,7-14H2,1-6H3,(H,19,20);1H. The zero-order chi connectivity index (χ0) is 16.4. The summed E-state index contributed by atoms with van der Waals surface area (Å²) < 4.78 is 0. The first kappa shape index (κ1) is 21.0. The summed E-state index contributed by atoms with van der Waals surface area (Å²) in [5.41, 5.74) is 0.540. The van der Waals surface area contributed by atoms with Crippen molar-refractivity contribution < 1.29 is 0 Å². The van der Waals surface area contributed by atoms with Crippen molar-refractivity contribution in [3.05, 3.63) is 0 Å². The molecule has 2 aliphatic heterocycles. The van der Waals surface area contributed by atoms with Crippen LogP contribution in [-0.4, -0.2) is 61.1 Å². The summed E-state index contributed by atoms with van der Waals surface area (Å²) in [7, 11) is 2.23. The number of nitrogens with zero attached hydrogens (tertiary/aromatic N) is 3. The van der Waals surface area contributed by atoms with Gasteiger partial charge in [0, 0.05) is 30.6 Å². The molecule has 23 heavy (non-hydrogen) atoms. The van der Waals surface area contributed by atoms with Crippen LogP contribution in [0, 0.1) is 11.3 Å². The molecule has 0 aromatic rings. The highest BCUT2D eigenvalue weighted by molar-refractivity contribution is 14.0. The SMILES string of the molecule is CCNC(=NCCC1CCN(C)CC1)N1CC(C)(C)C1(C)C.I. The zero-order valence-electron chi connectivity index (χ0n) is 16.0. The maximum Gasteiger partial charge on any atom is 0.194 e. The van der Waals surface area contributed by atoms with Crippen LogP contribution in [0.3, 0.4) is 0 Å². The van der Waals surface area contributed by atoms with E-state index in [1.54, 1.807) is 0 Å². The van der Waals surface area contributed by atoms with Crippen molar-refractivity contribution in [2.45, 2.75) is 59.4 Å². The topological polar surface area (TPSA) is 30.9 Å². The molecule has 2 aliphatic rings. The second-order valence-electron chi connectivity index (χ2n) is 8.30. The maximum absolute atomic E-state index is 4.93. The van der Waals surface area contributed by atoms with Crippen molar-refractivity contribution in [3.8, 4) is 0 Å². The highest BCUT2D eigenvalue weighted by Crippen LogP contribution is 2.46. The average Bonchev–Trinajstić information content (AvgIpc) is 2.46. The Balaban J connectivity index is 0.00000264. The van der Waals surface area contributed by atoms with Gasteiger partial charge >= 0.3 is 0 Å². The molecule has 0 saturated carbocycles. The molecule has 0 aromatic heterocycles. The third-order valence-electron chi connectivity index (χ3n) is 6.11. The smallest absolute Gasteiger partial charge is 0.194 e. The van der Waals surface area contributed by atoms with Crippen LogP contribution < -0.4 is 5.32 Å². The molecular formula is C18H37IN4. The minimum atomic E-state index is 0. The van der Waals surface area contributed by atoms with Gasteiger partial charge in [-0.2, -0.15) is 0 Å². The lowest BCUT2D eigenvalue weighted by Crippen LogP contribution is -2.72. The lowest BCUT2D eigenvalue weighted by Gasteiger charge is -2.62. The molecule has 0 atom stereocenters. The molecule has 136 valence electrons. The van der Waals surface area contributed by atoms with Gasteiger partial charge in [0.15, 0.2) is 5.96 Å². The van der Waals surface area contributed by atoms with Gasteiger partial charge in [0.2, 0.25) is 0 Å². The first-order chi connectivity index (χ1) is 10.3. The van der Waals surface area contributed by atoms with Crippen LogP contribution in [-0.2, 0) is 0 Å². The Kier molecular flexibility index (Phi) is 7.64. The van der Waals surface area contributed by atoms with Gasteiger partial charge < -0.3 is 15.1 Å². The minimum Gasteiger partial charge on any atom is -0.356 e. The second kappa shape index (κ2) is 8.37. The molecule has 0 bridgehead atoms. The summed E-state index contributed by atoms with van der Waals surface area (Å²) in [5.74, 6) is 1.98. The summed E-state index contributed by atoms with van der Waals surface area (Å²) in [6.45, 7) is 17.0. The summed E-state index contributed by atoms with van der Waals surface area (Å²) in [4.78, 5) is 9.82. The normalized spacial score (nSPS) is 24.8. The van der Waals surface area contributed by atoms with Gasteiger partial charge in [0.05, 0.1) is 0 Å². The molecule has 2 saturated heterocycles. The van der Waals surface area contributed by atoms with Crippen LogP contribution in [0.2, 0.25) is 0 Å². The number of guanidine groups is 1. The number of likely N-dealkylation sites (tertiary alicyclic amines) is 2. The van der Waals surface area contributed by atoms with Gasteiger partial charge in [0.25, 0.3) is 0 Å². The predicted octanol–water partition coefficient (Wildman–Crippen LogP) is 3.42. The van der Waals surface area contributed by atoms with Crippen molar-refractivity contribution in [3.63, 3.8) is 0 Å². The number of halogens is 1. The third kappa shape index (κ3) is 4.74. The summed E-state index contributed by atoms with van der Waals surface area (Å²) >= 11 is 0. The summed E-state index contributed by atoms with van der Waals surface area (Å²) in [5, 5.41) is 3.49. The Labute approximate surface area is 160 Å². The lowest BCUT2D eigenvalue weighted by molar-refractivity contribution is -0.0667. The Bertz CT molecular complexity index is 398. The fraction of sp³-hybridized carbons (Fsp3) is 0.944. The summed E-state index contributed by atoms with van der Waals surface area (Å²) in [6.07, 6.45) is 3.91. The quantitative estimate of drug-likeness (QED) is 0.416. The van der Waals surface area contributed by atoms with Crippen LogP contribution in [0.1, 0.15) is 53.9 Å². The first-order valence-corrected chi connectivity index (χ1v) is 9.02. The molecule has 0 unspecified atom stereocenters. The number of rotatable bonds is 4. The Morgan fingerprint density at radius 2 is 1.78 bits per heavy atom. The van der Waals surface area contributed by atoms with Gasteiger partial charge in [-0.05, 0) is 66.1 Å². The van der Waals surface area contributed by atoms with E-state index < -0.39 is 0 Å². The number of nitrogens with one attached hydrogen (secondary N) is 1. The highest BCUT2D eigenvalue weighted by Gasteiger charge is 2.53. The second-order valence-corrected chi connectivity index (χ2v) is 8.30. The van der Waals surface area contributed by atoms with Crippen molar-refractivity contribution in [2.75, 3.05) is 39.8 Å². The monoisotopic (exact) mass is 436 g/mol. The van der Waals surface area contributed by atoms with E-state index >= 15 is 0 Å². The molecule has 1 N–H and O–H groups in total. The molecule has 0 amide bonds. The first-order valence-electron chi connectivity index (χ1n) is 9.02. The average molecular weight is 436 g/mol. The fourth-order valence-electron chi connectivity index (χ4n) is 3.50. The largest absolute Gasteiger partial charge is 0.356 e. The van der Waals surface area contributed by atoms with Crippen molar-refractivity contribution in [1.82, 2.24) is 15.1 Å². The van der Waals surface area contributed by atoms with E-state index in [9.17, 15) is 0 Å². The van der Waals surface area contributed by atoms with Gasteiger partial charge in [-0.15, -0.1) is 24.0 Å². The summed E-state index contributed by atoms with van der Waals surface area (Å²) in [6, 6.07) is 0. The Morgan fingerprint density at radius 3 is 2.26 bits per heavy atom. The zero-order valence-corrected chi connectivity index (χ0v) is 18.3. The molecule has 5 heteroatoms. The van der Waals surface area contributed by atoms with Crippen LogP contribution >= 0.6 is 24.0 Å². The third-order valence-corrected chi connectivity index (χ3v) is 6.11. The Morgan fingerprint density at radius 1 is 1.17 bits per heavy atom. The van der Waals surface area contributed by atoms with Crippen LogP contribution in [0.25, 0.3) is 0 Å². The number of hydrogen-bond donors (Lipinski definition) is 1. The Hall–Kier alpha value is -0.0400. The molecule has 0 spiro atoms. The van der Waals surface area contributed by atoms with Crippen LogP contribution in [0.15, 0.2) is 4.99 Å². The molecular weight excluding hydrogens is 399 g/mol. The van der Waals surface area contributed by atoms with E-state index in [1.807, 2.05) is 0 Å². The molecule has 0 radical (unpaired) electrons. The fourth-order valence-corrected chi connectivity index (χ4v) is 3.50. The van der Waals surface area contributed by atoms with Crippen molar-refractivity contribution in [2.24, 2.45) is 16.3 Å². The predicted molar refractivity (Wildman–Crippen MR) is 111 cm³/mol. The van der Waals surface area contributed by atoms with Gasteiger partial charge in [-0.25, -0.2) is 0 Å². The maximum atomic E-state index is 4.93. The number of piperidine rings is 1. The van der Waals surface area contributed by atoms with Gasteiger partial charge in [0.1, 0.15) is 0 Å². The van der Waals surface area contributed by atoms with Crippen LogP contribution in [0.5, 0.6) is 0 Å². The highest BCUT2D eigenvalue weighted by atomic mass is 127. The van der Waals surface area contributed by atoms with Gasteiger partial charge in [-0.1, -0.05) is 13.8 Å². The lowest BCUT2D eigenvalue weighted by atomic mass is 9.65. The van der Waals surface area contributed by atoms with Crippen LogP contribution in [0.4, 0.5) is 0 Å². The van der Waals surface area contributed by atoms with Crippen molar-refractivity contribution in [1.29, 1.82) is 0 Å². The molecule has 2 rings (SSSR count).